The molecule has 1 amide bonds. The third-order valence-electron chi connectivity index (χ3n) is 2.94. The molecule has 0 unspecified atom stereocenters. The maximum absolute atomic E-state index is 12.7. The zero-order valence-corrected chi connectivity index (χ0v) is 12.7. The first-order valence-corrected chi connectivity index (χ1v) is 6.98. The van der Waals surface area contributed by atoms with Crippen LogP contribution in [0.2, 0.25) is 0 Å². The Kier molecular flexibility index (Phi) is 4.87. The van der Waals surface area contributed by atoms with Crippen LogP contribution in [0, 0.1) is 0 Å². The fourth-order valence-corrected chi connectivity index (χ4v) is 2.25. The van der Waals surface area contributed by atoms with Crippen molar-refractivity contribution in [1.82, 2.24) is 0 Å². The van der Waals surface area contributed by atoms with Crippen LogP contribution in [-0.2, 0) is 12.8 Å². The highest BCUT2D eigenvalue weighted by Gasteiger charge is 2.30. The van der Waals surface area contributed by atoms with Gasteiger partial charge in [0.25, 0.3) is 5.91 Å². The van der Waals surface area contributed by atoms with E-state index in [-0.39, 0.29) is 12.2 Å². The van der Waals surface area contributed by atoms with E-state index < -0.39 is 17.6 Å². The molecular formula is C15H11BrF3NO2. The third-order valence-corrected chi connectivity index (χ3v) is 3.43. The number of hydrogen-bond donors (Lipinski definition) is 2. The van der Waals surface area contributed by atoms with Crippen molar-refractivity contribution < 1.29 is 23.1 Å². The Bertz CT molecular complexity index is 701. The summed E-state index contributed by atoms with van der Waals surface area (Å²) < 4.78 is 38.7. The van der Waals surface area contributed by atoms with Gasteiger partial charge in [-0.15, -0.1) is 0 Å². The molecule has 0 radical (unpaired) electrons. The summed E-state index contributed by atoms with van der Waals surface area (Å²) in [6.07, 6.45) is -4.51. The van der Waals surface area contributed by atoms with Crippen molar-refractivity contribution in [2.45, 2.75) is 12.8 Å². The fraction of sp³-hybridized carbons (Fsp3) is 0.133. The molecule has 116 valence electrons. The van der Waals surface area contributed by atoms with Crippen molar-refractivity contribution in [2.75, 3.05) is 5.32 Å². The number of aliphatic hydroxyl groups is 1. The van der Waals surface area contributed by atoms with Crippen molar-refractivity contribution in [3.05, 3.63) is 63.6 Å². The molecule has 0 atom stereocenters. The Morgan fingerprint density at radius 1 is 1.18 bits per heavy atom. The van der Waals surface area contributed by atoms with Gasteiger partial charge in [-0.3, -0.25) is 4.79 Å². The highest BCUT2D eigenvalue weighted by atomic mass is 79.9. The van der Waals surface area contributed by atoms with Crippen LogP contribution in [0.4, 0.5) is 18.9 Å². The lowest BCUT2D eigenvalue weighted by Gasteiger charge is -2.11. The van der Waals surface area contributed by atoms with Gasteiger partial charge in [-0.05, 0) is 36.4 Å². The van der Waals surface area contributed by atoms with E-state index in [1.165, 1.54) is 12.1 Å². The van der Waals surface area contributed by atoms with Gasteiger partial charge in [-0.1, -0.05) is 22.0 Å². The summed E-state index contributed by atoms with van der Waals surface area (Å²) in [5.74, 6) is -0.678. The molecule has 2 N–H and O–H groups in total. The molecule has 0 aliphatic heterocycles. The number of alkyl halides is 3. The van der Waals surface area contributed by atoms with E-state index in [4.69, 9.17) is 0 Å². The largest absolute Gasteiger partial charge is 0.416 e. The zero-order valence-electron chi connectivity index (χ0n) is 11.1. The predicted molar refractivity (Wildman–Crippen MR) is 79.5 cm³/mol. The van der Waals surface area contributed by atoms with E-state index in [9.17, 15) is 23.1 Å². The molecule has 0 saturated carbocycles. The average Bonchev–Trinajstić information content (AvgIpc) is 2.48. The standard InChI is InChI=1S/C15H11BrF3NO2/c16-12-4-5-13(10(7-12)8-21)20-14(22)9-2-1-3-11(6-9)15(17,18)19/h1-7,21H,8H2,(H,20,22). The lowest BCUT2D eigenvalue weighted by Crippen LogP contribution is -2.15. The van der Waals surface area contributed by atoms with Gasteiger partial charge in [-0.25, -0.2) is 0 Å². The molecule has 0 heterocycles. The van der Waals surface area contributed by atoms with Gasteiger partial charge in [0, 0.05) is 21.3 Å². The van der Waals surface area contributed by atoms with Crippen LogP contribution in [0.3, 0.4) is 0 Å². The Balaban J connectivity index is 2.27. The maximum Gasteiger partial charge on any atom is 0.416 e. The number of carbonyl (C=O) groups is 1. The molecule has 2 aromatic carbocycles. The molecule has 0 aromatic heterocycles. The number of benzene rings is 2. The minimum Gasteiger partial charge on any atom is -0.392 e. The number of amides is 1. The van der Waals surface area contributed by atoms with Crippen molar-refractivity contribution in [3.63, 3.8) is 0 Å². The molecule has 22 heavy (non-hydrogen) atoms. The molecule has 3 nitrogen and oxygen atoms in total. The summed E-state index contributed by atoms with van der Waals surface area (Å²) >= 11 is 3.23. The first-order valence-electron chi connectivity index (χ1n) is 6.19. The first-order chi connectivity index (χ1) is 10.3. The summed E-state index contributed by atoms with van der Waals surface area (Å²) in [7, 11) is 0. The van der Waals surface area contributed by atoms with Gasteiger partial charge in [0.05, 0.1) is 12.2 Å². The number of rotatable bonds is 3. The number of aliphatic hydroxyl groups excluding tert-OH is 1. The van der Waals surface area contributed by atoms with E-state index in [0.29, 0.717) is 15.7 Å². The molecule has 0 aliphatic rings. The van der Waals surface area contributed by atoms with Crippen LogP contribution >= 0.6 is 15.9 Å². The number of anilines is 1. The molecule has 7 heteroatoms. The Hall–Kier alpha value is -1.86. The first kappa shape index (κ1) is 16.5. The minimum atomic E-state index is -4.51. The molecular weight excluding hydrogens is 363 g/mol. The topological polar surface area (TPSA) is 49.3 Å². The molecule has 0 spiro atoms. The molecule has 2 rings (SSSR count). The summed E-state index contributed by atoms with van der Waals surface area (Å²) in [5, 5.41) is 11.8. The molecule has 0 bridgehead atoms. The number of nitrogens with one attached hydrogen (secondary N) is 1. The van der Waals surface area contributed by atoms with Crippen LogP contribution in [0.5, 0.6) is 0 Å². The van der Waals surface area contributed by atoms with Crippen molar-refractivity contribution in [3.8, 4) is 0 Å². The Labute approximate surface area is 132 Å². The summed E-state index contributed by atoms with van der Waals surface area (Å²) in [4.78, 5) is 12.1. The minimum absolute atomic E-state index is 0.110. The van der Waals surface area contributed by atoms with E-state index >= 15 is 0 Å². The number of halogens is 4. The van der Waals surface area contributed by atoms with Gasteiger partial charge in [-0.2, -0.15) is 13.2 Å². The van der Waals surface area contributed by atoms with Crippen LogP contribution in [0.15, 0.2) is 46.9 Å². The Morgan fingerprint density at radius 3 is 2.55 bits per heavy atom. The normalized spacial score (nSPS) is 11.3. The maximum atomic E-state index is 12.7. The van der Waals surface area contributed by atoms with Crippen LogP contribution in [-0.4, -0.2) is 11.0 Å². The molecule has 0 fully saturated rings. The average molecular weight is 374 g/mol. The quantitative estimate of drug-likeness (QED) is 0.846. The summed E-state index contributed by atoms with van der Waals surface area (Å²) in [5.41, 5.74) is -0.206. The number of hydrogen-bond acceptors (Lipinski definition) is 2. The predicted octanol–water partition coefficient (Wildman–Crippen LogP) is 4.21. The Morgan fingerprint density at radius 2 is 1.91 bits per heavy atom. The summed E-state index contributed by atoms with van der Waals surface area (Å²) in [6.45, 7) is -0.308. The highest BCUT2D eigenvalue weighted by molar-refractivity contribution is 9.10. The van der Waals surface area contributed by atoms with Crippen molar-refractivity contribution in [1.29, 1.82) is 0 Å². The second-order valence-corrected chi connectivity index (χ2v) is 5.41. The van der Waals surface area contributed by atoms with Crippen LogP contribution < -0.4 is 5.32 Å². The zero-order chi connectivity index (χ0) is 16.3. The van der Waals surface area contributed by atoms with Gasteiger partial charge < -0.3 is 10.4 Å². The van der Waals surface area contributed by atoms with Crippen LogP contribution in [0.1, 0.15) is 21.5 Å². The molecule has 0 saturated heterocycles. The monoisotopic (exact) mass is 373 g/mol. The van der Waals surface area contributed by atoms with E-state index in [2.05, 4.69) is 21.2 Å². The van der Waals surface area contributed by atoms with Gasteiger partial charge in [0.2, 0.25) is 0 Å². The highest BCUT2D eigenvalue weighted by Crippen LogP contribution is 2.30. The molecule has 0 aliphatic carbocycles. The fourth-order valence-electron chi connectivity index (χ4n) is 1.85. The van der Waals surface area contributed by atoms with E-state index in [0.717, 1.165) is 12.1 Å². The van der Waals surface area contributed by atoms with E-state index in [1.807, 2.05) is 0 Å². The van der Waals surface area contributed by atoms with Crippen molar-refractivity contribution in [2.24, 2.45) is 0 Å². The second kappa shape index (κ2) is 6.50. The van der Waals surface area contributed by atoms with Crippen molar-refractivity contribution >= 4 is 27.5 Å². The van der Waals surface area contributed by atoms with Crippen LogP contribution in [0.25, 0.3) is 0 Å². The SMILES string of the molecule is O=C(Nc1ccc(Br)cc1CO)c1cccc(C(F)(F)F)c1. The second-order valence-electron chi connectivity index (χ2n) is 4.49. The van der Waals surface area contributed by atoms with Gasteiger partial charge in [0.15, 0.2) is 0 Å². The number of carbonyl (C=O) groups excluding carboxylic acids is 1. The molecule has 2 aromatic rings. The van der Waals surface area contributed by atoms with E-state index in [1.54, 1.807) is 18.2 Å². The lowest BCUT2D eigenvalue weighted by molar-refractivity contribution is -0.137. The lowest BCUT2D eigenvalue weighted by atomic mass is 10.1. The van der Waals surface area contributed by atoms with Gasteiger partial charge in [0.1, 0.15) is 0 Å². The smallest absolute Gasteiger partial charge is 0.392 e. The summed E-state index contributed by atoms with van der Waals surface area (Å²) in [6, 6.07) is 8.97. The third kappa shape index (κ3) is 3.86. The van der Waals surface area contributed by atoms with Gasteiger partial charge >= 0.3 is 6.18 Å².